The topological polar surface area (TPSA) is 113 Å². The van der Waals surface area contributed by atoms with Crippen LogP contribution in [0.15, 0.2) is 49.1 Å². The van der Waals surface area contributed by atoms with E-state index in [1.807, 2.05) is 30.3 Å². The quantitative estimate of drug-likeness (QED) is 0.772. The summed E-state index contributed by atoms with van der Waals surface area (Å²) in [7, 11) is 1.34. The molecule has 0 aliphatic rings. The van der Waals surface area contributed by atoms with Crippen LogP contribution in [0.1, 0.15) is 24.6 Å². The van der Waals surface area contributed by atoms with Crippen LogP contribution in [0.2, 0.25) is 0 Å². The first-order valence-electron chi connectivity index (χ1n) is 7.15. The molecule has 0 aliphatic heterocycles. The molecule has 1 aromatic carbocycles. The first-order chi connectivity index (χ1) is 11.0. The number of benzene rings is 1. The van der Waals surface area contributed by atoms with Gasteiger partial charge >= 0.3 is 5.97 Å². The van der Waals surface area contributed by atoms with Gasteiger partial charge in [-0.3, -0.25) is 9.59 Å². The summed E-state index contributed by atoms with van der Waals surface area (Å²) in [5.41, 5.74) is 11.8. The zero-order valence-electron chi connectivity index (χ0n) is 13.1. The van der Waals surface area contributed by atoms with Gasteiger partial charge in [0.2, 0.25) is 5.91 Å². The molecule has 0 bridgehead atoms. The fourth-order valence-electron chi connectivity index (χ4n) is 1.74. The third-order valence-electron chi connectivity index (χ3n) is 3.01. The highest BCUT2D eigenvalue weighted by molar-refractivity contribution is 5.74. The van der Waals surface area contributed by atoms with Crippen LogP contribution >= 0.6 is 0 Å². The number of aromatic nitrogens is 2. The average Bonchev–Trinajstić information content (AvgIpc) is 3.09. The van der Waals surface area contributed by atoms with E-state index in [-0.39, 0.29) is 24.5 Å². The van der Waals surface area contributed by atoms with E-state index in [0.717, 1.165) is 12.0 Å². The Kier molecular flexibility index (Phi) is 8.09. The van der Waals surface area contributed by atoms with Gasteiger partial charge in [-0.2, -0.15) is 0 Å². The highest BCUT2D eigenvalue weighted by Crippen LogP contribution is 2.03. The maximum atomic E-state index is 10.8. The molecule has 124 valence electrons. The van der Waals surface area contributed by atoms with E-state index < -0.39 is 0 Å². The first-order valence-corrected chi connectivity index (χ1v) is 7.15. The van der Waals surface area contributed by atoms with Crippen LogP contribution in [-0.4, -0.2) is 28.5 Å². The van der Waals surface area contributed by atoms with Gasteiger partial charge in [0.15, 0.2) is 0 Å². The van der Waals surface area contributed by atoms with Gasteiger partial charge in [-0.25, -0.2) is 4.98 Å². The van der Waals surface area contributed by atoms with Gasteiger partial charge in [0.1, 0.15) is 0 Å². The largest absolute Gasteiger partial charge is 0.469 e. The van der Waals surface area contributed by atoms with Crippen molar-refractivity contribution in [1.82, 2.24) is 9.55 Å². The lowest BCUT2D eigenvalue weighted by Gasteiger charge is -2.10. The van der Waals surface area contributed by atoms with Crippen molar-refractivity contribution in [2.24, 2.45) is 11.5 Å². The molecule has 0 saturated carbocycles. The highest BCUT2D eigenvalue weighted by Gasteiger charge is 2.09. The van der Waals surface area contributed by atoms with Gasteiger partial charge in [-0.05, 0) is 12.0 Å². The fraction of sp³-hybridized carbons (Fsp3) is 0.312. The fourth-order valence-corrected chi connectivity index (χ4v) is 1.74. The number of primary amides is 1. The highest BCUT2D eigenvalue weighted by atomic mass is 16.5. The Morgan fingerprint density at radius 3 is 2.52 bits per heavy atom. The molecule has 1 heterocycles. The lowest BCUT2D eigenvalue weighted by molar-refractivity contribution is -0.141. The standard InChI is InChI=1S/C9H11NO.C7H11N3O2/c10-9(11)7-6-8-4-2-1-3-5-8;1-12-7(11)4-6(8)10-3-2-9-5-10/h1-5H,6-7H2,(H2,10,11);2-3,5-6H,4,8H2,1H3. The predicted molar refractivity (Wildman–Crippen MR) is 86.0 cm³/mol. The van der Waals surface area contributed by atoms with Crippen LogP contribution in [0, 0.1) is 0 Å². The number of hydrogen-bond donors (Lipinski definition) is 2. The first kappa shape index (κ1) is 18.4. The molecule has 7 nitrogen and oxygen atoms in total. The maximum absolute atomic E-state index is 10.8. The Morgan fingerprint density at radius 2 is 2.00 bits per heavy atom. The molecule has 4 N–H and O–H groups in total. The lowest BCUT2D eigenvalue weighted by Crippen LogP contribution is -2.21. The summed E-state index contributed by atoms with van der Waals surface area (Å²) in [6.07, 6.45) is 5.82. The third kappa shape index (κ3) is 7.77. The monoisotopic (exact) mass is 318 g/mol. The van der Waals surface area contributed by atoms with Gasteiger partial charge in [0, 0.05) is 18.8 Å². The van der Waals surface area contributed by atoms with Crippen LogP contribution in [0.3, 0.4) is 0 Å². The molecule has 0 spiro atoms. The molecule has 2 rings (SSSR count). The summed E-state index contributed by atoms with van der Waals surface area (Å²) in [4.78, 5) is 25.0. The number of carbonyl (C=O) groups excluding carboxylic acids is 2. The number of imidazole rings is 1. The van der Waals surface area contributed by atoms with Gasteiger partial charge in [0.05, 0.1) is 26.0 Å². The molecular formula is C16H22N4O3. The molecule has 23 heavy (non-hydrogen) atoms. The van der Waals surface area contributed by atoms with E-state index in [1.54, 1.807) is 23.3 Å². The van der Waals surface area contributed by atoms with Crippen molar-refractivity contribution in [2.75, 3.05) is 7.11 Å². The molecule has 2 aromatic rings. The van der Waals surface area contributed by atoms with Gasteiger partial charge in [-0.15, -0.1) is 0 Å². The maximum Gasteiger partial charge on any atom is 0.308 e. The van der Waals surface area contributed by atoms with Crippen molar-refractivity contribution in [3.63, 3.8) is 0 Å². The van der Waals surface area contributed by atoms with Crippen LogP contribution in [-0.2, 0) is 20.7 Å². The smallest absolute Gasteiger partial charge is 0.308 e. The van der Waals surface area contributed by atoms with Crippen LogP contribution in [0.4, 0.5) is 0 Å². The Morgan fingerprint density at radius 1 is 1.30 bits per heavy atom. The Labute approximate surface area is 135 Å². The molecule has 0 fully saturated rings. The second-order valence-corrected chi connectivity index (χ2v) is 4.81. The normalized spacial score (nSPS) is 11.0. The van der Waals surface area contributed by atoms with Crippen molar-refractivity contribution in [3.8, 4) is 0 Å². The minimum Gasteiger partial charge on any atom is -0.469 e. The van der Waals surface area contributed by atoms with Crippen LogP contribution in [0.25, 0.3) is 0 Å². The number of aryl methyl sites for hydroxylation is 1. The number of rotatable bonds is 6. The summed E-state index contributed by atoms with van der Waals surface area (Å²) < 4.78 is 6.12. The van der Waals surface area contributed by atoms with E-state index in [4.69, 9.17) is 11.5 Å². The number of ether oxygens (including phenoxy) is 1. The van der Waals surface area contributed by atoms with Crippen molar-refractivity contribution in [2.45, 2.75) is 25.4 Å². The number of carbonyl (C=O) groups is 2. The molecule has 1 amide bonds. The summed E-state index contributed by atoms with van der Waals surface area (Å²) in [6.45, 7) is 0. The van der Waals surface area contributed by atoms with Gasteiger partial charge in [-0.1, -0.05) is 30.3 Å². The second-order valence-electron chi connectivity index (χ2n) is 4.81. The van der Waals surface area contributed by atoms with Crippen LogP contribution in [0.5, 0.6) is 0 Å². The van der Waals surface area contributed by atoms with E-state index in [9.17, 15) is 9.59 Å². The second kappa shape index (κ2) is 10.1. The number of methoxy groups -OCH3 is 1. The molecule has 1 unspecified atom stereocenters. The molecule has 0 radical (unpaired) electrons. The SMILES string of the molecule is COC(=O)CC(N)n1ccnc1.NC(=O)CCc1ccccc1. The van der Waals surface area contributed by atoms with Gasteiger partial charge in [0.25, 0.3) is 0 Å². The molecular weight excluding hydrogens is 296 g/mol. The summed E-state index contributed by atoms with van der Waals surface area (Å²) in [5.74, 6) is -0.565. The number of nitrogens with zero attached hydrogens (tertiary/aromatic N) is 2. The Balaban J connectivity index is 0.000000231. The number of hydrogen-bond acceptors (Lipinski definition) is 5. The molecule has 7 heteroatoms. The zero-order valence-corrected chi connectivity index (χ0v) is 13.1. The van der Waals surface area contributed by atoms with Crippen molar-refractivity contribution >= 4 is 11.9 Å². The number of amides is 1. The Hall–Kier alpha value is -2.67. The van der Waals surface area contributed by atoms with Crippen molar-refractivity contribution < 1.29 is 14.3 Å². The van der Waals surface area contributed by atoms with Crippen molar-refractivity contribution in [1.29, 1.82) is 0 Å². The minimum absolute atomic E-state index is 0.160. The Bertz CT molecular complexity index is 585. The van der Waals surface area contributed by atoms with E-state index in [1.165, 1.54) is 7.11 Å². The predicted octanol–water partition coefficient (Wildman–Crippen LogP) is 1.01. The lowest BCUT2D eigenvalue weighted by atomic mass is 10.1. The number of esters is 1. The zero-order chi connectivity index (χ0) is 17.1. The molecule has 0 aliphatic carbocycles. The van der Waals surface area contributed by atoms with Gasteiger partial charge < -0.3 is 20.8 Å². The van der Waals surface area contributed by atoms with E-state index >= 15 is 0 Å². The van der Waals surface area contributed by atoms with E-state index in [2.05, 4.69) is 9.72 Å². The summed E-state index contributed by atoms with van der Waals surface area (Å²) in [6, 6.07) is 9.84. The average molecular weight is 318 g/mol. The number of nitrogens with two attached hydrogens (primary N) is 2. The minimum atomic E-state index is -0.389. The molecule has 1 aromatic heterocycles. The third-order valence-corrected chi connectivity index (χ3v) is 3.01. The molecule has 1 atom stereocenters. The van der Waals surface area contributed by atoms with E-state index in [0.29, 0.717) is 6.42 Å². The summed E-state index contributed by atoms with van der Waals surface area (Å²) in [5, 5.41) is 0. The van der Waals surface area contributed by atoms with Crippen molar-refractivity contribution in [3.05, 3.63) is 54.6 Å². The van der Waals surface area contributed by atoms with Crippen LogP contribution < -0.4 is 11.5 Å². The molecule has 0 saturated heterocycles. The summed E-state index contributed by atoms with van der Waals surface area (Å²) >= 11 is 0.